The van der Waals surface area contributed by atoms with Gasteiger partial charge >= 0.3 is 5.97 Å². The Hall–Kier alpha value is -2.29. The first-order chi connectivity index (χ1) is 10.3. The molecule has 2 aromatic carbocycles. The molecule has 1 radical (unpaired) electrons. The van der Waals surface area contributed by atoms with Crippen LogP contribution in [0.4, 0.5) is 0 Å². The van der Waals surface area contributed by atoms with E-state index in [1.165, 1.54) is 0 Å². The van der Waals surface area contributed by atoms with Gasteiger partial charge in [-0.25, -0.2) is 0 Å². The number of hydrogen-bond donors (Lipinski definition) is 0. The minimum absolute atomic E-state index is 0.219. The molecule has 0 aromatic heterocycles. The Morgan fingerprint density at radius 2 is 1.86 bits per heavy atom. The Morgan fingerprint density at radius 1 is 1.14 bits per heavy atom. The molecular weight excluding hydrogens is 264 g/mol. The fourth-order valence-corrected chi connectivity index (χ4v) is 1.86. The molecule has 0 spiro atoms. The first kappa shape index (κ1) is 15.1. The van der Waals surface area contributed by atoms with Crippen molar-refractivity contribution in [2.75, 3.05) is 6.61 Å². The standard InChI is InChI=1S/C18H19O3/c1-2-16(14-20-17-11-7-4-8-12-17)18(19)21-13-15-9-5-3-6-10-15/h3,5-12,16H,2,13-14H2,1H3. The van der Waals surface area contributed by atoms with Crippen molar-refractivity contribution in [3.05, 3.63) is 66.2 Å². The summed E-state index contributed by atoms with van der Waals surface area (Å²) in [6.45, 7) is 2.58. The monoisotopic (exact) mass is 283 g/mol. The third kappa shape index (κ3) is 4.95. The summed E-state index contributed by atoms with van der Waals surface area (Å²) in [7, 11) is 0. The summed E-state index contributed by atoms with van der Waals surface area (Å²) >= 11 is 0. The molecule has 0 aliphatic heterocycles. The van der Waals surface area contributed by atoms with Gasteiger partial charge in [-0.2, -0.15) is 0 Å². The molecule has 2 aromatic rings. The summed E-state index contributed by atoms with van der Waals surface area (Å²) < 4.78 is 11.0. The van der Waals surface area contributed by atoms with Crippen molar-refractivity contribution in [1.29, 1.82) is 0 Å². The van der Waals surface area contributed by atoms with Crippen LogP contribution in [0.25, 0.3) is 0 Å². The second-order valence-electron chi connectivity index (χ2n) is 4.75. The minimum atomic E-state index is -0.252. The molecule has 1 unspecified atom stereocenters. The minimum Gasteiger partial charge on any atom is -0.493 e. The second-order valence-corrected chi connectivity index (χ2v) is 4.75. The van der Waals surface area contributed by atoms with E-state index in [0.717, 1.165) is 11.3 Å². The van der Waals surface area contributed by atoms with E-state index in [2.05, 4.69) is 6.07 Å². The van der Waals surface area contributed by atoms with Crippen molar-refractivity contribution < 1.29 is 14.3 Å². The Labute approximate surface area is 125 Å². The van der Waals surface area contributed by atoms with E-state index >= 15 is 0 Å². The van der Waals surface area contributed by atoms with Crippen LogP contribution in [0.5, 0.6) is 5.75 Å². The molecule has 3 nitrogen and oxygen atoms in total. The lowest BCUT2D eigenvalue weighted by atomic mass is 10.1. The van der Waals surface area contributed by atoms with E-state index in [4.69, 9.17) is 9.47 Å². The smallest absolute Gasteiger partial charge is 0.312 e. The lowest BCUT2D eigenvalue weighted by Crippen LogP contribution is -2.23. The molecule has 0 saturated heterocycles. The van der Waals surface area contributed by atoms with Gasteiger partial charge in [0.1, 0.15) is 19.0 Å². The van der Waals surface area contributed by atoms with Crippen LogP contribution < -0.4 is 4.74 Å². The van der Waals surface area contributed by atoms with Gasteiger partial charge in [-0.1, -0.05) is 49.4 Å². The lowest BCUT2D eigenvalue weighted by Gasteiger charge is -2.15. The molecule has 0 heterocycles. The third-order valence-corrected chi connectivity index (χ3v) is 3.19. The molecule has 1 atom stereocenters. The Kier molecular flexibility index (Phi) is 5.83. The zero-order chi connectivity index (χ0) is 14.9. The maximum atomic E-state index is 12.1. The Morgan fingerprint density at radius 3 is 2.52 bits per heavy atom. The first-order valence-electron chi connectivity index (χ1n) is 7.09. The average molecular weight is 283 g/mol. The van der Waals surface area contributed by atoms with E-state index in [-0.39, 0.29) is 11.9 Å². The van der Waals surface area contributed by atoms with E-state index < -0.39 is 0 Å². The molecule has 0 saturated carbocycles. The maximum absolute atomic E-state index is 12.1. The van der Waals surface area contributed by atoms with Gasteiger partial charge in [0, 0.05) is 0 Å². The molecule has 0 bridgehead atoms. The number of carbonyl (C=O) groups is 1. The van der Waals surface area contributed by atoms with E-state index in [1.54, 1.807) is 12.1 Å². The summed E-state index contributed by atoms with van der Waals surface area (Å²) in [5.41, 5.74) is 0.986. The topological polar surface area (TPSA) is 35.5 Å². The number of hydrogen-bond acceptors (Lipinski definition) is 3. The van der Waals surface area contributed by atoms with Crippen LogP contribution >= 0.6 is 0 Å². The molecular formula is C18H19O3. The number of rotatable bonds is 7. The van der Waals surface area contributed by atoms with Gasteiger partial charge in [0.2, 0.25) is 0 Å². The normalized spacial score (nSPS) is 11.7. The quantitative estimate of drug-likeness (QED) is 0.728. The van der Waals surface area contributed by atoms with Gasteiger partial charge in [0.15, 0.2) is 0 Å². The van der Waals surface area contributed by atoms with Gasteiger partial charge in [-0.3, -0.25) is 4.79 Å². The number of benzene rings is 2. The van der Waals surface area contributed by atoms with Crippen molar-refractivity contribution in [3.63, 3.8) is 0 Å². The zero-order valence-corrected chi connectivity index (χ0v) is 12.1. The highest BCUT2D eigenvalue weighted by atomic mass is 16.5. The van der Waals surface area contributed by atoms with Crippen LogP contribution in [0.2, 0.25) is 0 Å². The van der Waals surface area contributed by atoms with Crippen LogP contribution in [0.3, 0.4) is 0 Å². The predicted molar refractivity (Wildman–Crippen MR) is 80.8 cm³/mol. The Balaban J connectivity index is 1.81. The van der Waals surface area contributed by atoms with Gasteiger partial charge in [0.05, 0.1) is 5.92 Å². The fourth-order valence-electron chi connectivity index (χ4n) is 1.86. The number of esters is 1. The van der Waals surface area contributed by atoms with Crippen LogP contribution in [-0.4, -0.2) is 12.6 Å². The highest BCUT2D eigenvalue weighted by Gasteiger charge is 2.19. The third-order valence-electron chi connectivity index (χ3n) is 3.19. The van der Waals surface area contributed by atoms with Crippen molar-refractivity contribution >= 4 is 5.97 Å². The van der Waals surface area contributed by atoms with Crippen LogP contribution in [0.1, 0.15) is 18.9 Å². The number of ether oxygens (including phenoxy) is 2. The van der Waals surface area contributed by atoms with Gasteiger partial charge in [-0.05, 0) is 30.2 Å². The first-order valence-corrected chi connectivity index (χ1v) is 7.09. The average Bonchev–Trinajstić information content (AvgIpc) is 2.55. The summed E-state index contributed by atoms with van der Waals surface area (Å²) in [5.74, 6) is 0.268. The molecule has 2 rings (SSSR count). The van der Waals surface area contributed by atoms with E-state index in [1.807, 2.05) is 49.4 Å². The maximum Gasteiger partial charge on any atom is 0.312 e. The predicted octanol–water partition coefficient (Wildman–Crippen LogP) is 3.64. The van der Waals surface area contributed by atoms with Crippen molar-refractivity contribution in [3.8, 4) is 5.75 Å². The lowest BCUT2D eigenvalue weighted by molar-refractivity contribution is -0.151. The van der Waals surface area contributed by atoms with Crippen molar-refractivity contribution in [2.24, 2.45) is 5.92 Å². The highest BCUT2D eigenvalue weighted by Crippen LogP contribution is 2.13. The van der Waals surface area contributed by atoms with Crippen molar-refractivity contribution in [1.82, 2.24) is 0 Å². The van der Waals surface area contributed by atoms with Crippen LogP contribution in [0, 0.1) is 12.0 Å². The van der Waals surface area contributed by atoms with Crippen LogP contribution in [0.15, 0.2) is 54.6 Å². The van der Waals surface area contributed by atoms with Crippen LogP contribution in [-0.2, 0) is 16.1 Å². The molecule has 0 aliphatic rings. The van der Waals surface area contributed by atoms with E-state index in [0.29, 0.717) is 19.6 Å². The second kappa shape index (κ2) is 8.10. The summed E-state index contributed by atoms with van der Waals surface area (Å²) in [6, 6.07) is 19.8. The largest absolute Gasteiger partial charge is 0.493 e. The summed E-state index contributed by atoms with van der Waals surface area (Å²) in [4.78, 5) is 12.1. The fraction of sp³-hybridized carbons (Fsp3) is 0.278. The number of carbonyl (C=O) groups excluding carboxylic acids is 1. The van der Waals surface area contributed by atoms with Gasteiger partial charge < -0.3 is 9.47 Å². The highest BCUT2D eigenvalue weighted by molar-refractivity contribution is 5.72. The SMILES string of the molecule is CCC(COc1cc[c]cc1)C(=O)OCc1ccccc1. The van der Waals surface area contributed by atoms with E-state index in [9.17, 15) is 4.79 Å². The molecule has 0 amide bonds. The zero-order valence-electron chi connectivity index (χ0n) is 12.1. The molecule has 109 valence electrons. The molecule has 0 aliphatic carbocycles. The molecule has 21 heavy (non-hydrogen) atoms. The van der Waals surface area contributed by atoms with Gasteiger partial charge in [-0.15, -0.1) is 0 Å². The van der Waals surface area contributed by atoms with Crippen molar-refractivity contribution in [2.45, 2.75) is 20.0 Å². The summed E-state index contributed by atoms with van der Waals surface area (Å²) in [5, 5.41) is 0. The summed E-state index contributed by atoms with van der Waals surface area (Å²) in [6.07, 6.45) is 0.687. The molecule has 3 heteroatoms. The molecule has 0 fully saturated rings. The molecule has 0 N–H and O–H groups in total. The Bertz CT molecular complexity index is 537. The van der Waals surface area contributed by atoms with Gasteiger partial charge in [0.25, 0.3) is 0 Å².